The molecular weight excluding hydrogens is 684 g/mol. The van der Waals surface area contributed by atoms with Crippen LogP contribution in [0.1, 0.15) is 69.7 Å². The number of anilines is 1. The maximum Gasteiger partial charge on any atom is 0.335 e. The van der Waals surface area contributed by atoms with Crippen molar-refractivity contribution in [2.75, 3.05) is 38.7 Å². The predicted molar refractivity (Wildman–Crippen MR) is 209 cm³/mol. The zero-order valence-corrected chi connectivity index (χ0v) is 31.1. The molecular formula is C42H48N6O6. The van der Waals surface area contributed by atoms with Gasteiger partial charge in [0.15, 0.2) is 0 Å². The topological polar surface area (TPSA) is 161 Å². The molecule has 4 N–H and O–H groups in total. The molecule has 3 aromatic carbocycles. The third kappa shape index (κ3) is 11.2. The smallest absolute Gasteiger partial charge is 0.335 e. The molecule has 1 fully saturated rings. The minimum absolute atomic E-state index is 0.0951. The Kier molecular flexibility index (Phi) is 14.8. The van der Waals surface area contributed by atoms with Gasteiger partial charge in [-0.15, -0.1) is 6.42 Å². The fourth-order valence-corrected chi connectivity index (χ4v) is 6.39. The zero-order chi connectivity index (χ0) is 39.1. The summed E-state index contributed by atoms with van der Waals surface area (Å²) in [7, 11) is 1.85. The molecule has 0 saturated carbocycles. The molecule has 12 heteroatoms. The highest BCUT2D eigenvalue weighted by atomic mass is 16.4. The van der Waals surface area contributed by atoms with E-state index >= 15 is 0 Å². The van der Waals surface area contributed by atoms with Crippen molar-refractivity contribution in [3.8, 4) is 12.3 Å². The number of terminal acetylenes is 1. The number of carbonyl (C=O) groups is 5. The first kappa shape index (κ1) is 40.7. The number of aryl methyl sites for hydroxylation is 1. The number of rotatable bonds is 16. The SMILES string of the molecule is C#C/C=C\C=N/CNC(=O)Cc1cc(NC(=O)CN(Cc2ccccc2CNC)C(=O)C2(C)CCN(C(=O)c3ccc(C(=O)O)cc3)CC2)ccc1CC. The lowest BCUT2D eigenvalue weighted by Gasteiger charge is -2.41. The van der Waals surface area contributed by atoms with Crippen molar-refractivity contribution < 1.29 is 29.1 Å². The monoisotopic (exact) mass is 732 g/mol. The van der Waals surface area contributed by atoms with E-state index in [9.17, 15) is 29.1 Å². The standard InChI is InChI=1S/C42H48N6O6/c1-5-7-10-21-44-29-45-37(49)25-35-24-36(18-17-30(35)6-2)46-38(50)28-48(27-34-12-9-8-11-33(34)26-43-4)41(54)42(3)19-22-47(23-20-42)39(51)31-13-15-32(16-14-31)40(52)53/h1,7-18,21,24,43H,6,19-20,22-23,25-29H2,2-4H3,(H,45,49)(H,46,50)(H,52,53)/b10-7-,44-21-. The van der Waals surface area contributed by atoms with Crippen molar-refractivity contribution >= 4 is 41.5 Å². The highest BCUT2D eigenvalue weighted by molar-refractivity contribution is 5.97. The van der Waals surface area contributed by atoms with Gasteiger partial charge in [0, 0.05) is 49.1 Å². The van der Waals surface area contributed by atoms with Crippen LogP contribution in [0.2, 0.25) is 0 Å². The molecule has 3 aromatic rings. The van der Waals surface area contributed by atoms with E-state index in [-0.39, 0.29) is 55.4 Å². The van der Waals surface area contributed by atoms with Gasteiger partial charge in [-0.2, -0.15) is 0 Å². The number of allylic oxidation sites excluding steroid dienone is 2. The van der Waals surface area contributed by atoms with Gasteiger partial charge in [-0.3, -0.25) is 24.2 Å². The van der Waals surface area contributed by atoms with Crippen molar-refractivity contribution in [3.05, 3.63) is 112 Å². The number of carbonyl (C=O) groups excluding carboxylic acids is 4. The number of nitrogens with zero attached hydrogens (tertiary/aromatic N) is 3. The number of likely N-dealkylation sites (tertiary alicyclic amines) is 1. The van der Waals surface area contributed by atoms with Crippen LogP contribution in [-0.4, -0.2) is 84.1 Å². The largest absolute Gasteiger partial charge is 0.478 e. The molecule has 0 atom stereocenters. The van der Waals surface area contributed by atoms with Crippen LogP contribution < -0.4 is 16.0 Å². The van der Waals surface area contributed by atoms with E-state index in [1.165, 1.54) is 36.6 Å². The molecule has 0 aromatic heterocycles. The van der Waals surface area contributed by atoms with E-state index in [2.05, 4.69) is 26.9 Å². The molecule has 1 aliphatic rings. The third-order valence-electron chi connectivity index (χ3n) is 9.49. The van der Waals surface area contributed by atoms with Gasteiger partial charge in [-0.05, 0) is 97.1 Å². The molecule has 4 rings (SSSR count). The van der Waals surface area contributed by atoms with Crippen LogP contribution in [0.5, 0.6) is 0 Å². The number of hydrogen-bond acceptors (Lipinski definition) is 7. The van der Waals surface area contributed by atoms with Crippen LogP contribution in [-0.2, 0) is 40.3 Å². The summed E-state index contributed by atoms with van der Waals surface area (Å²) in [5, 5.41) is 18.1. The van der Waals surface area contributed by atoms with Crippen LogP contribution in [0.3, 0.4) is 0 Å². The number of nitrogens with one attached hydrogen (secondary N) is 3. The van der Waals surface area contributed by atoms with E-state index < -0.39 is 11.4 Å². The summed E-state index contributed by atoms with van der Waals surface area (Å²) < 4.78 is 0. The van der Waals surface area contributed by atoms with Gasteiger partial charge in [-0.25, -0.2) is 4.79 Å². The van der Waals surface area contributed by atoms with Crippen LogP contribution in [0.15, 0.2) is 83.9 Å². The number of carboxylic acids is 1. The fourth-order valence-electron chi connectivity index (χ4n) is 6.39. The Morgan fingerprint density at radius 1 is 0.944 bits per heavy atom. The number of amides is 4. The Balaban J connectivity index is 1.48. The maximum atomic E-state index is 14.5. The molecule has 4 amide bonds. The minimum Gasteiger partial charge on any atom is -0.478 e. The Morgan fingerprint density at radius 2 is 1.63 bits per heavy atom. The van der Waals surface area contributed by atoms with Crippen LogP contribution in [0.4, 0.5) is 5.69 Å². The zero-order valence-electron chi connectivity index (χ0n) is 31.1. The van der Waals surface area contributed by atoms with Gasteiger partial charge in [0.25, 0.3) is 5.91 Å². The molecule has 1 aliphatic heterocycles. The summed E-state index contributed by atoms with van der Waals surface area (Å²) in [6, 6.07) is 19.0. The van der Waals surface area contributed by atoms with Crippen molar-refractivity contribution in [2.45, 2.75) is 52.6 Å². The van der Waals surface area contributed by atoms with Gasteiger partial charge in [0.2, 0.25) is 17.7 Å². The van der Waals surface area contributed by atoms with Crippen molar-refractivity contribution in [1.82, 2.24) is 20.4 Å². The highest BCUT2D eigenvalue weighted by Crippen LogP contribution is 2.34. The Labute approximate surface area is 316 Å². The van der Waals surface area contributed by atoms with Crippen LogP contribution in [0, 0.1) is 17.8 Å². The quantitative estimate of drug-likeness (QED) is 0.125. The first-order valence-corrected chi connectivity index (χ1v) is 17.9. The molecule has 1 saturated heterocycles. The molecule has 0 unspecified atom stereocenters. The summed E-state index contributed by atoms with van der Waals surface area (Å²) in [5.74, 6) is 0.265. The van der Waals surface area contributed by atoms with Gasteiger partial charge < -0.3 is 30.9 Å². The number of aliphatic imine (C=N–C) groups is 1. The summed E-state index contributed by atoms with van der Waals surface area (Å²) >= 11 is 0. The molecule has 12 nitrogen and oxygen atoms in total. The molecule has 282 valence electrons. The van der Waals surface area contributed by atoms with Crippen LogP contribution >= 0.6 is 0 Å². The van der Waals surface area contributed by atoms with Gasteiger partial charge in [0.05, 0.1) is 12.0 Å². The maximum absolute atomic E-state index is 14.5. The highest BCUT2D eigenvalue weighted by Gasteiger charge is 2.41. The normalized spacial score (nSPS) is 13.7. The first-order valence-electron chi connectivity index (χ1n) is 17.9. The van der Waals surface area contributed by atoms with E-state index in [1.807, 2.05) is 51.2 Å². The van der Waals surface area contributed by atoms with E-state index in [1.54, 1.807) is 28.0 Å². The Morgan fingerprint density at radius 3 is 2.28 bits per heavy atom. The molecule has 0 bridgehead atoms. The van der Waals surface area contributed by atoms with E-state index in [4.69, 9.17) is 6.42 Å². The van der Waals surface area contributed by atoms with Crippen molar-refractivity contribution in [1.29, 1.82) is 0 Å². The number of benzene rings is 3. The molecule has 0 aliphatic carbocycles. The lowest BCUT2D eigenvalue weighted by molar-refractivity contribution is -0.146. The fraction of sp³-hybridized carbons (Fsp3) is 0.333. The van der Waals surface area contributed by atoms with Gasteiger partial charge in [0.1, 0.15) is 13.2 Å². The van der Waals surface area contributed by atoms with Gasteiger partial charge in [-0.1, -0.05) is 50.1 Å². The second-order valence-electron chi connectivity index (χ2n) is 13.4. The van der Waals surface area contributed by atoms with Crippen LogP contribution in [0.25, 0.3) is 0 Å². The summed E-state index contributed by atoms with van der Waals surface area (Å²) in [6.07, 6.45) is 11.3. The number of carboxylic acid groups (broad SMARTS) is 1. The molecule has 1 heterocycles. The lowest BCUT2D eigenvalue weighted by atomic mass is 9.78. The van der Waals surface area contributed by atoms with Crippen molar-refractivity contribution in [2.24, 2.45) is 10.4 Å². The summed E-state index contributed by atoms with van der Waals surface area (Å²) in [6.45, 7) is 5.21. The van der Waals surface area contributed by atoms with E-state index in [0.29, 0.717) is 50.1 Å². The average Bonchev–Trinajstić information content (AvgIpc) is 3.16. The molecule has 0 radical (unpaired) electrons. The second kappa shape index (κ2) is 19.7. The third-order valence-corrected chi connectivity index (χ3v) is 9.49. The van der Waals surface area contributed by atoms with Gasteiger partial charge >= 0.3 is 5.97 Å². The Bertz CT molecular complexity index is 1920. The second-order valence-corrected chi connectivity index (χ2v) is 13.4. The Hall–Kier alpha value is -6.06. The number of piperidine rings is 1. The summed E-state index contributed by atoms with van der Waals surface area (Å²) in [4.78, 5) is 72.7. The number of aromatic carboxylic acids is 1. The molecule has 54 heavy (non-hydrogen) atoms. The molecule has 0 spiro atoms. The first-order chi connectivity index (χ1) is 26.0. The van der Waals surface area contributed by atoms with E-state index in [0.717, 1.165) is 22.3 Å². The predicted octanol–water partition coefficient (Wildman–Crippen LogP) is 4.45. The lowest BCUT2D eigenvalue weighted by Crippen LogP contribution is -2.51. The number of hydrogen-bond donors (Lipinski definition) is 4. The summed E-state index contributed by atoms with van der Waals surface area (Å²) in [5.41, 5.74) is 3.79. The minimum atomic E-state index is -1.07. The van der Waals surface area contributed by atoms with Crippen molar-refractivity contribution in [3.63, 3.8) is 0 Å². The average molecular weight is 733 g/mol.